The molecule has 0 unspecified atom stereocenters. The Labute approximate surface area is 129 Å². The summed E-state index contributed by atoms with van der Waals surface area (Å²) >= 11 is 0. The van der Waals surface area contributed by atoms with Crippen LogP contribution in [0.5, 0.6) is 5.75 Å². The van der Waals surface area contributed by atoms with Crippen molar-refractivity contribution in [3.05, 3.63) is 53.3 Å². The van der Waals surface area contributed by atoms with Crippen LogP contribution in [0.3, 0.4) is 0 Å². The Morgan fingerprint density at radius 3 is 2.48 bits per heavy atom. The number of hydrogen-bond acceptors (Lipinski definition) is 4. The first-order valence-corrected chi connectivity index (χ1v) is 8.76. The summed E-state index contributed by atoms with van der Waals surface area (Å²) in [5.41, 5.74) is 2.65. The van der Waals surface area contributed by atoms with E-state index in [9.17, 15) is 8.42 Å². The summed E-state index contributed by atoms with van der Waals surface area (Å²) in [5.74, 6) is 0.324. The monoisotopic (exact) mass is 325 g/mol. The maximum absolute atomic E-state index is 11.7. The molecule has 6 heteroatoms. The second kappa shape index (κ2) is 6.45. The zero-order valence-electron chi connectivity index (χ0n) is 11.8. The fourth-order valence-electron chi connectivity index (χ4n) is 2.10. The molecule has 0 aliphatic rings. The van der Waals surface area contributed by atoms with Crippen LogP contribution in [0.25, 0.3) is 0 Å². The van der Waals surface area contributed by atoms with Gasteiger partial charge < -0.3 is 4.74 Å². The van der Waals surface area contributed by atoms with Crippen molar-refractivity contribution in [1.29, 1.82) is 0 Å². The zero-order chi connectivity index (χ0) is 15.5. The van der Waals surface area contributed by atoms with Gasteiger partial charge in [0.2, 0.25) is 0 Å². The Hall–Kier alpha value is -1.59. The van der Waals surface area contributed by atoms with Crippen LogP contribution >= 0.6 is 10.7 Å². The van der Waals surface area contributed by atoms with Gasteiger partial charge in [-0.15, -0.1) is 0 Å². The Balaban J connectivity index is 2.20. The molecule has 0 radical (unpaired) electrons. The molecule has 0 aliphatic carbocycles. The number of ether oxygens (including phenoxy) is 1. The molecule has 0 saturated carbocycles. The van der Waals surface area contributed by atoms with Gasteiger partial charge in [0, 0.05) is 29.5 Å². The van der Waals surface area contributed by atoms with E-state index in [0.717, 1.165) is 16.7 Å². The summed E-state index contributed by atoms with van der Waals surface area (Å²) in [7, 11) is 1.65. The number of benzene rings is 1. The maximum atomic E-state index is 11.7. The van der Waals surface area contributed by atoms with Gasteiger partial charge in [0.05, 0.1) is 6.61 Å². The molecule has 0 atom stereocenters. The second-order valence-corrected chi connectivity index (χ2v) is 7.34. The molecule has 1 heterocycles. The van der Waals surface area contributed by atoms with Crippen LogP contribution in [0.2, 0.25) is 0 Å². The molecule has 0 fully saturated rings. The molecular weight excluding hydrogens is 310 g/mol. The van der Waals surface area contributed by atoms with E-state index in [4.69, 9.17) is 15.4 Å². The first-order valence-electron chi connectivity index (χ1n) is 6.45. The van der Waals surface area contributed by atoms with Crippen molar-refractivity contribution in [3.63, 3.8) is 0 Å². The van der Waals surface area contributed by atoms with Crippen LogP contribution in [-0.2, 0) is 15.5 Å². The number of rotatable bonds is 5. The van der Waals surface area contributed by atoms with Gasteiger partial charge in [-0.2, -0.15) is 0 Å². The summed E-state index contributed by atoms with van der Waals surface area (Å²) in [5, 5.41) is 0. The van der Waals surface area contributed by atoms with Gasteiger partial charge in [0.25, 0.3) is 9.05 Å². The van der Waals surface area contributed by atoms with Crippen molar-refractivity contribution in [2.75, 3.05) is 6.61 Å². The number of aryl methyl sites for hydroxylation is 2. The van der Waals surface area contributed by atoms with Gasteiger partial charge in [-0.1, -0.05) is 6.07 Å². The van der Waals surface area contributed by atoms with Crippen LogP contribution < -0.4 is 4.74 Å². The lowest BCUT2D eigenvalue weighted by Crippen LogP contribution is -2.06. The van der Waals surface area contributed by atoms with Gasteiger partial charge in [0.1, 0.15) is 10.6 Å². The van der Waals surface area contributed by atoms with E-state index in [0.29, 0.717) is 18.8 Å². The molecule has 0 aliphatic heterocycles. The Morgan fingerprint density at radius 1 is 1.19 bits per heavy atom. The normalized spacial score (nSPS) is 11.4. The Morgan fingerprint density at radius 2 is 1.86 bits per heavy atom. The number of halogens is 1. The summed E-state index contributed by atoms with van der Waals surface area (Å²) in [6.07, 6.45) is 4.08. The average molecular weight is 326 g/mol. The predicted molar refractivity (Wildman–Crippen MR) is 82.4 cm³/mol. The molecule has 0 amide bonds. The smallest absolute Gasteiger partial charge is 0.265 e. The highest BCUT2D eigenvalue weighted by Gasteiger charge is 2.19. The van der Waals surface area contributed by atoms with Crippen LogP contribution in [0.1, 0.15) is 16.7 Å². The van der Waals surface area contributed by atoms with Crippen LogP contribution in [0.15, 0.2) is 41.6 Å². The minimum atomic E-state index is -3.84. The maximum Gasteiger partial charge on any atom is 0.265 e. The molecule has 2 aromatic rings. The molecule has 21 heavy (non-hydrogen) atoms. The quantitative estimate of drug-likeness (QED) is 0.792. The van der Waals surface area contributed by atoms with Crippen LogP contribution in [0.4, 0.5) is 0 Å². The first-order chi connectivity index (χ1) is 9.88. The minimum absolute atomic E-state index is 0.0244. The largest absolute Gasteiger partial charge is 0.492 e. The van der Waals surface area contributed by atoms with Gasteiger partial charge >= 0.3 is 0 Å². The predicted octanol–water partition coefficient (Wildman–Crippen LogP) is 3.25. The Kier molecular flexibility index (Phi) is 4.85. The van der Waals surface area contributed by atoms with Crippen molar-refractivity contribution in [3.8, 4) is 5.75 Å². The van der Waals surface area contributed by atoms with Crippen molar-refractivity contribution in [1.82, 2.24) is 4.98 Å². The van der Waals surface area contributed by atoms with Gasteiger partial charge in [-0.05, 0) is 48.7 Å². The molecule has 1 aromatic carbocycles. The minimum Gasteiger partial charge on any atom is -0.492 e. The van der Waals surface area contributed by atoms with E-state index in [-0.39, 0.29) is 4.90 Å². The summed E-state index contributed by atoms with van der Waals surface area (Å²) in [6.45, 7) is 3.99. The highest BCUT2D eigenvalue weighted by atomic mass is 35.7. The fourth-order valence-corrected chi connectivity index (χ4v) is 3.21. The molecule has 0 bridgehead atoms. The van der Waals surface area contributed by atoms with Gasteiger partial charge in [0.15, 0.2) is 0 Å². The summed E-state index contributed by atoms with van der Waals surface area (Å²) in [4.78, 5) is 3.97. The lowest BCUT2D eigenvalue weighted by molar-refractivity contribution is 0.311. The molecule has 4 nitrogen and oxygen atoms in total. The highest BCUT2D eigenvalue weighted by molar-refractivity contribution is 8.13. The standard InChI is InChI=1S/C15H16ClNO3S/c1-11-9-12(2)15(14(10-11)21(16,18)19)20-8-5-13-3-6-17-7-4-13/h3-4,6-7,9-10H,5,8H2,1-2H3. The van der Waals surface area contributed by atoms with Gasteiger partial charge in [-0.25, -0.2) is 8.42 Å². The third kappa shape index (κ3) is 4.19. The number of hydrogen-bond donors (Lipinski definition) is 0. The molecule has 1 aromatic heterocycles. The third-order valence-electron chi connectivity index (χ3n) is 3.03. The third-order valence-corrected chi connectivity index (χ3v) is 4.36. The number of aromatic nitrogens is 1. The van der Waals surface area contributed by atoms with Crippen LogP contribution in [0, 0.1) is 13.8 Å². The molecule has 112 valence electrons. The van der Waals surface area contributed by atoms with E-state index < -0.39 is 9.05 Å². The van der Waals surface area contributed by atoms with E-state index in [1.807, 2.05) is 25.1 Å². The molecule has 0 N–H and O–H groups in total. The molecule has 2 rings (SSSR count). The van der Waals surface area contributed by atoms with Crippen molar-refractivity contribution < 1.29 is 13.2 Å². The zero-order valence-corrected chi connectivity index (χ0v) is 13.4. The molecule has 0 saturated heterocycles. The Bertz CT molecular complexity index is 730. The molecule has 0 spiro atoms. The van der Waals surface area contributed by atoms with E-state index >= 15 is 0 Å². The van der Waals surface area contributed by atoms with Crippen LogP contribution in [-0.4, -0.2) is 20.0 Å². The number of pyridine rings is 1. The van der Waals surface area contributed by atoms with Gasteiger partial charge in [-0.3, -0.25) is 4.98 Å². The fraction of sp³-hybridized carbons (Fsp3) is 0.267. The summed E-state index contributed by atoms with van der Waals surface area (Å²) < 4.78 is 29.0. The summed E-state index contributed by atoms with van der Waals surface area (Å²) in [6, 6.07) is 7.18. The second-order valence-electron chi connectivity index (χ2n) is 4.80. The SMILES string of the molecule is Cc1cc(C)c(OCCc2ccncc2)c(S(=O)(=O)Cl)c1. The van der Waals surface area contributed by atoms with Crippen molar-refractivity contribution in [2.45, 2.75) is 25.2 Å². The van der Waals surface area contributed by atoms with Crippen molar-refractivity contribution >= 4 is 19.7 Å². The lowest BCUT2D eigenvalue weighted by atomic mass is 10.1. The van der Waals surface area contributed by atoms with E-state index in [1.54, 1.807) is 19.3 Å². The van der Waals surface area contributed by atoms with E-state index in [1.165, 1.54) is 6.07 Å². The first kappa shape index (κ1) is 15.8. The molecular formula is C15H16ClNO3S. The average Bonchev–Trinajstić information content (AvgIpc) is 2.41. The lowest BCUT2D eigenvalue weighted by Gasteiger charge is -2.13. The topological polar surface area (TPSA) is 56.3 Å². The highest BCUT2D eigenvalue weighted by Crippen LogP contribution is 2.31. The van der Waals surface area contributed by atoms with E-state index in [2.05, 4.69) is 4.98 Å². The number of nitrogens with zero attached hydrogens (tertiary/aromatic N) is 1. The van der Waals surface area contributed by atoms with Crippen molar-refractivity contribution in [2.24, 2.45) is 0 Å².